The first-order valence-corrected chi connectivity index (χ1v) is 6.57. The van der Waals surface area contributed by atoms with Gasteiger partial charge < -0.3 is 9.47 Å². The molecule has 0 saturated heterocycles. The molecular formula is C16H13N4O2. The van der Waals surface area contributed by atoms with Crippen LogP contribution in [-0.4, -0.2) is 34.6 Å². The predicted molar refractivity (Wildman–Crippen MR) is 80.4 cm³/mol. The van der Waals surface area contributed by atoms with E-state index in [-0.39, 0.29) is 0 Å². The Bertz CT molecular complexity index is 761. The van der Waals surface area contributed by atoms with Crippen LogP contribution in [0.1, 0.15) is 0 Å². The standard InChI is InChI=1S/C16H13N4O2/c1-21-12-3-6-16(22-2)13(9-12)15-5-4-14(19-20-15)11-7-8-17-18-10-11/h3-9H,1-2H3. The molecule has 0 spiro atoms. The van der Waals surface area contributed by atoms with E-state index in [4.69, 9.17) is 9.47 Å². The van der Waals surface area contributed by atoms with Crippen LogP contribution in [0.25, 0.3) is 22.5 Å². The maximum absolute atomic E-state index is 5.37. The van der Waals surface area contributed by atoms with Crippen molar-refractivity contribution in [2.75, 3.05) is 14.2 Å². The van der Waals surface area contributed by atoms with E-state index in [1.165, 1.54) is 0 Å². The van der Waals surface area contributed by atoms with Crippen LogP contribution in [0, 0.1) is 6.20 Å². The Morgan fingerprint density at radius 3 is 2.36 bits per heavy atom. The van der Waals surface area contributed by atoms with Gasteiger partial charge in [0, 0.05) is 11.1 Å². The summed E-state index contributed by atoms with van der Waals surface area (Å²) in [4.78, 5) is 0. The molecular weight excluding hydrogens is 280 g/mol. The van der Waals surface area contributed by atoms with Gasteiger partial charge in [-0.3, -0.25) is 0 Å². The van der Waals surface area contributed by atoms with Crippen molar-refractivity contribution >= 4 is 0 Å². The average molecular weight is 293 g/mol. The van der Waals surface area contributed by atoms with Crippen LogP contribution < -0.4 is 9.47 Å². The summed E-state index contributed by atoms with van der Waals surface area (Å²) < 4.78 is 10.6. The summed E-state index contributed by atoms with van der Waals surface area (Å²) in [5.41, 5.74) is 2.94. The first-order chi connectivity index (χ1) is 10.8. The Morgan fingerprint density at radius 1 is 0.909 bits per heavy atom. The highest BCUT2D eigenvalue weighted by Crippen LogP contribution is 2.32. The molecule has 0 unspecified atom stereocenters. The van der Waals surface area contributed by atoms with E-state index >= 15 is 0 Å². The van der Waals surface area contributed by atoms with Gasteiger partial charge in [-0.05, 0) is 36.4 Å². The fourth-order valence-corrected chi connectivity index (χ4v) is 2.04. The number of rotatable bonds is 4. The smallest absolute Gasteiger partial charge is 0.128 e. The van der Waals surface area contributed by atoms with Gasteiger partial charge in [0.15, 0.2) is 0 Å². The molecule has 1 aromatic carbocycles. The zero-order chi connectivity index (χ0) is 15.4. The minimum Gasteiger partial charge on any atom is -0.497 e. The number of hydrogen-bond acceptors (Lipinski definition) is 6. The van der Waals surface area contributed by atoms with Crippen molar-refractivity contribution in [1.29, 1.82) is 0 Å². The molecule has 0 aliphatic rings. The van der Waals surface area contributed by atoms with E-state index in [9.17, 15) is 0 Å². The number of hydrogen-bond donors (Lipinski definition) is 0. The molecule has 0 N–H and O–H groups in total. The highest BCUT2D eigenvalue weighted by molar-refractivity contribution is 5.70. The van der Waals surface area contributed by atoms with Gasteiger partial charge in [-0.1, -0.05) is 0 Å². The molecule has 2 heterocycles. The van der Waals surface area contributed by atoms with Crippen molar-refractivity contribution < 1.29 is 9.47 Å². The van der Waals surface area contributed by atoms with Crippen LogP contribution >= 0.6 is 0 Å². The molecule has 0 amide bonds. The summed E-state index contributed by atoms with van der Waals surface area (Å²) in [5, 5.41) is 15.9. The van der Waals surface area contributed by atoms with Gasteiger partial charge in [0.1, 0.15) is 17.7 Å². The largest absolute Gasteiger partial charge is 0.497 e. The van der Waals surface area contributed by atoms with Gasteiger partial charge in [0.2, 0.25) is 0 Å². The summed E-state index contributed by atoms with van der Waals surface area (Å²) in [5.74, 6) is 1.44. The Labute approximate surface area is 127 Å². The molecule has 0 saturated carbocycles. The SMILES string of the molecule is COc1ccc(OC)c(-c2ccc(-c3[c]nncc3)nn2)c1. The molecule has 109 valence electrons. The molecule has 2 aromatic heterocycles. The number of benzene rings is 1. The van der Waals surface area contributed by atoms with Gasteiger partial charge in [0.25, 0.3) is 0 Å². The molecule has 0 fully saturated rings. The van der Waals surface area contributed by atoms with Crippen LogP contribution in [0.4, 0.5) is 0 Å². The fourth-order valence-electron chi connectivity index (χ4n) is 2.04. The molecule has 6 heteroatoms. The summed E-state index contributed by atoms with van der Waals surface area (Å²) in [6.07, 6.45) is 4.37. The van der Waals surface area contributed by atoms with Crippen LogP contribution in [-0.2, 0) is 0 Å². The second-order valence-electron chi connectivity index (χ2n) is 4.43. The fraction of sp³-hybridized carbons (Fsp3) is 0.125. The van der Waals surface area contributed by atoms with Gasteiger partial charge in [-0.2, -0.15) is 5.10 Å². The lowest BCUT2D eigenvalue weighted by Crippen LogP contribution is -1.95. The maximum atomic E-state index is 5.37. The minimum atomic E-state index is 0.681. The highest BCUT2D eigenvalue weighted by atomic mass is 16.5. The lowest BCUT2D eigenvalue weighted by atomic mass is 10.1. The number of nitrogens with zero attached hydrogens (tertiary/aromatic N) is 4. The maximum Gasteiger partial charge on any atom is 0.128 e. The second kappa shape index (κ2) is 6.17. The van der Waals surface area contributed by atoms with Gasteiger partial charge in [0.05, 0.1) is 31.8 Å². The van der Waals surface area contributed by atoms with Gasteiger partial charge >= 0.3 is 0 Å². The van der Waals surface area contributed by atoms with Crippen molar-refractivity contribution in [3.8, 4) is 34.0 Å². The monoisotopic (exact) mass is 293 g/mol. The Morgan fingerprint density at radius 2 is 1.73 bits per heavy atom. The topological polar surface area (TPSA) is 70.0 Å². The zero-order valence-corrected chi connectivity index (χ0v) is 12.1. The first kappa shape index (κ1) is 13.9. The third kappa shape index (κ3) is 2.71. The van der Waals surface area contributed by atoms with Crippen molar-refractivity contribution in [3.63, 3.8) is 0 Å². The van der Waals surface area contributed by atoms with E-state index in [2.05, 4.69) is 26.6 Å². The molecule has 3 rings (SSSR count). The van der Waals surface area contributed by atoms with Crippen molar-refractivity contribution in [1.82, 2.24) is 20.4 Å². The molecule has 6 nitrogen and oxygen atoms in total. The quantitative estimate of drug-likeness (QED) is 0.735. The molecule has 0 atom stereocenters. The Hall–Kier alpha value is -3.02. The summed E-state index contributed by atoms with van der Waals surface area (Å²) >= 11 is 0. The van der Waals surface area contributed by atoms with Crippen LogP contribution in [0.3, 0.4) is 0 Å². The molecule has 0 bridgehead atoms. The second-order valence-corrected chi connectivity index (χ2v) is 4.43. The Kier molecular flexibility index (Phi) is 3.91. The summed E-state index contributed by atoms with van der Waals surface area (Å²) in [7, 11) is 3.23. The van der Waals surface area contributed by atoms with Crippen molar-refractivity contribution in [3.05, 3.63) is 48.8 Å². The number of ether oxygens (including phenoxy) is 2. The average Bonchev–Trinajstić information content (AvgIpc) is 2.62. The lowest BCUT2D eigenvalue weighted by Gasteiger charge is -2.09. The van der Waals surface area contributed by atoms with E-state index in [1.807, 2.05) is 30.3 Å². The normalized spacial score (nSPS) is 10.3. The van der Waals surface area contributed by atoms with E-state index in [0.29, 0.717) is 17.1 Å². The molecule has 3 aromatic rings. The third-order valence-electron chi connectivity index (χ3n) is 3.16. The zero-order valence-electron chi connectivity index (χ0n) is 12.1. The lowest BCUT2D eigenvalue weighted by molar-refractivity contribution is 0.404. The molecule has 0 aliphatic carbocycles. The van der Waals surface area contributed by atoms with Crippen LogP contribution in [0.2, 0.25) is 0 Å². The molecule has 0 aliphatic heterocycles. The molecule has 22 heavy (non-hydrogen) atoms. The highest BCUT2D eigenvalue weighted by Gasteiger charge is 2.10. The van der Waals surface area contributed by atoms with E-state index in [1.54, 1.807) is 26.5 Å². The van der Waals surface area contributed by atoms with Gasteiger partial charge in [-0.25, -0.2) is 0 Å². The number of aromatic nitrogens is 4. The van der Waals surface area contributed by atoms with Crippen LogP contribution in [0.5, 0.6) is 11.5 Å². The summed E-state index contributed by atoms with van der Waals surface area (Å²) in [6, 6.07) is 11.0. The number of methoxy groups -OCH3 is 2. The van der Waals surface area contributed by atoms with Crippen molar-refractivity contribution in [2.24, 2.45) is 0 Å². The third-order valence-corrected chi connectivity index (χ3v) is 3.16. The first-order valence-electron chi connectivity index (χ1n) is 6.57. The van der Waals surface area contributed by atoms with Gasteiger partial charge in [-0.15, -0.1) is 15.3 Å². The van der Waals surface area contributed by atoms with E-state index in [0.717, 1.165) is 16.9 Å². The van der Waals surface area contributed by atoms with Crippen molar-refractivity contribution in [2.45, 2.75) is 0 Å². The van der Waals surface area contributed by atoms with E-state index < -0.39 is 0 Å². The molecule has 1 radical (unpaired) electrons. The predicted octanol–water partition coefficient (Wildman–Crippen LogP) is 2.42. The Balaban J connectivity index is 1.99. The van der Waals surface area contributed by atoms with Crippen LogP contribution in [0.15, 0.2) is 42.6 Å². The minimum absolute atomic E-state index is 0.681. The summed E-state index contributed by atoms with van der Waals surface area (Å²) in [6.45, 7) is 0.